The normalized spacial score (nSPS) is 22.6. The first-order valence-electron chi connectivity index (χ1n) is 16.4. The fraction of sp³-hybridized carbons (Fsp3) is 0.528. The van der Waals surface area contributed by atoms with Crippen molar-refractivity contribution in [2.75, 3.05) is 57.6 Å². The zero-order valence-electron chi connectivity index (χ0n) is 27.4. The van der Waals surface area contributed by atoms with Crippen LogP contribution in [-0.4, -0.2) is 80.1 Å². The number of nitrogens with zero attached hydrogens (tertiary/aromatic N) is 2. The van der Waals surface area contributed by atoms with Crippen molar-refractivity contribution in [3.05, 3.63) is 53.7 Å². The van der Waals surface area contributed by atoms with Crippen LogP contribution in [-0.2, 0) is 11.3 Å². The molecule has 1 aliphatic carbocycles. The van der Waals surface area contributed by atoms with E-state index in [0.29, 0.717) is 33.6 Å². The second-order valence-electron chi connectivity index (χ2n) is 13.5. The summed E-state index contributed by atoms with van der Waals surface area (Å²) in [4.78, 5) is 14.6. The van der Waals surface area contributed by atoms with Gasteiger partial charge in [0.2, 0.25) is 0 Å². The topological polar surface area (TPSA) is 79.8 Å². The third-order valence-electron chi connectivity index (χ3n) is 10.3. The third kappa shape index (κ3) is 7.19. The molecule has 0 radical (unpaired) electrons. The number of likely N-dealkylation sites (tertiary alicyclic amines) is 1. The molecule has 6 rings (SSSR count). The van der Waals surface area contributed by atoms with Gasteiger partial charge in [-0.3, -0.25) is 9.69 Å². The zero-order chi connectivity index (χ0) is 33.2. The molecule has 3 aromatic rings. The summed E-state index contributed by atoms with van der Waals surface area (Å²) in [5, 5.41) is 10.1. The van der Waals surface area contributed by atoms with Gasteiger partial charge >= 0.3 is 6.18 Å². The molecule has 2 aliphatic heterocycles. The van der Waals surface area contributed by atoms with Gasteiger partial charge < -0.3 is 30.0 Å². The van der Waals surface area contributed by atoms with Crippen molar-refractivity contribution in [3.63, 3.8) is 0 Å². The first-order chi connectivity index (χ1) is 22.5. The number of hydrogen-bond donors (Lipinski definition) is 3. The first-order valence-corrected chi connectivity index (χ1v) is 16.4. The lowest BCUT2D eigenvalue weighted by Crippen LogP contribution is -2.66. The predicted molar refractivity (Wildman–Crippen MR) is 178 cm³/mol. The Morgan fingerprint density at radius 2 is 1.81 bits per heavy atom. The lowest BCUT2D eigenvalue weighted by Gasteiger charge is -2.60. The Bertz CT molecular complexity index is 1650. The molecular formula is C36H44F3N5O3. The SMILES string of the molecule is CNC(=O)c1ccc(NCC#Cc2cc3c(N[C@H]4CC[C@@](C)(N5CC6(CCOCC6)C5)CC4)cccc3n2CC(F)(F)F)c(OC)c1. The molecule has 3 fully saturated rings. The molecule has 2 saturated heterocycles. The van der Waals surface area contributed by atoms with Crippen LogP contribution in [0.1, 0.15) is 61.5 Å². The van der Waals surface area contributed by atoms with E-state index in [4.69, 9.17) is 9.47 Å². The van der Waals surface area contributed by atoms with Gasteiger partial charge in [-0.25, -0.2) is 0 Å². The summed E-state index contributed by atoms with van der Waals surface area (Å²) in [6.45, 7) is 5.51. The molecular weight excluding hydrogens is 607 g/mol. The minimum atomic E-state index is -4.40. The number of halogens is 3. The fourth-order valence-corrected chi connectivity index (χ4v) is 7.45. The van der Waals surface area contributed by atoms with Gasteiger partial charge in [-0.1, -0.05) is 12.0 Å². The second-order valence-corrected chi connectivity index (χ2v) is 13.5. The average molecular weight is 652 g/mol. The summed E-state index contributed by atoms with van der Waals surface area (Å²) in [5.41, 5.74) is 3.34. The Morgan fingerprint density at radius 3 is 2.49 bits per heavy atom. The summed E-state index contributed by atoms with van der Waals surface area (Å²) >= 11 is 0. The van der Waals surface area contributed by atoms with Gasteiger partial charge in [0.25, 0.3) is 5.91 Å². The van der Waals surface area contributed by atoms with E-state index < -0.39 is 12.7 Å². The van der Waals surface area contributed by atoms with Gasteiger partial charge in [0.05, 0.1) is 30.6 Å². The van der Waals surface area contributed by atoms with Gasteiger partial charge in [0.1, 0.15) is 12.3 Å². The van der Waals surface area contributed by atoms with Crippen molar-refractivity contribution in [3.8, 4) is 17.6 Å². The van der Waals surface area contributed by atoms with Gasteiger partial charge in [-0.2, -0.15) is 13.2 Å². The van der Waals surface area contributed by atoms with E-state index in [1.54, 1.807) is 37.4 Å². The number of hydrogen-bond acceptors (Lipinski definition) is 6. The Hall–Kier alpha value is -3.88. The molecule has 3 heterocycles. The van der Waals surface area contributed by atoms with Crippen molar-refractivity contribution >= 4 is 28.2 Å². The molecule has 47 heavy (non-hydrogen) atoms. The lowest BCUT2D eigenvalue weighted by molar-refractivity contribution is -0.140. The lowest BCUT2D eigenvalue weighted by atomic mass is 9.68. The molecule has 1 aromatic heterocycles. The van der Waals surface area contributed by atoms with Crippen LogP contribution >= 0.6 is 0 Å². The highest BCUT2D eigenvalue weighted by molar-refractivity contribution is 5.95. The number of amides is 1. The van der Waals surface area contributed by atoms with E-state index in [-0.39, 0.29) is 24.0 Å². The quantitative estimate of drug-likeness (QED) is 0.250. The highest BCUT2D eigenvalue weighted by Crippen LogP contribution is 2.47. The van der Waals surface area contributed by atoms with Crippen LogP contribution in [0.4, 0.5) is 24.5 Å². The summed E-state index contributed by atoms with van der Waals surface area (Å²) < 4.78 is 53.5. The van der Waals surface area contributed by atoms with E-state index in [1.807, 2.05) is 12.1 Å². The van der Waals surface area contributed by atoms with E-state index in [1.165, 1.54) is 11.7 Å². The number of aromatic nitrogens is 1. The Kier molecular flexibility index (Phi) is 9.36. The maximum atomic E-state index is 13.7. The number of fused-ring (bicyclic) bond motifs is 1. The highest BCUT2D eigenvalue weighted by atomic mass is 19.4. The third-order valence-corrected chi connectivity index (χ3v) is 10.3. The number of nitrogens with one attached hydrogen (secondary N) is 3. The molecule has 0 bridgehead atoms. The van der Waals surface area contributed by atoms with Crippen LogP contribution in [0.3, 0.4) is 0 Å². The smallest absolute Gasteiger partial charge is 0.406 e. The van der Waals surface area contributed by atoms with Crippen LogP contribution in [0.5, 0.6) is 5.75 Å². The molecule has 1 amide bonds. The van der Waals surface area contributed by atoms with E-state index >= 15 is 0 Å². The number of carbonyl (C=O) groups excluding carboxylic acids is 1. The standard InChI is InChI=1S/C36H44F3N5O3/c1-34(43-22-35(23-43)15-18-47-19-16-35)13-11-26(12-14-34)42-29-7-4-8-31-28(29)21-27(44(31)24-36(37,38)39)6-5-17-41-30-10-9-25(33(45)40-2)20-32(30)46-3/h4,7-10,20-21,26,41-42H,11-19,22-24H2,1-3H3,(H,40,45)/t26-,34+. The number of anilines is 2. The molecule has 1 saturated carbocycles. The Morgan fingerprint density at radius 1 is 1.06 bits per heavy atom. The highest BCUT2D eigenvalue weighted by Gasteiger charge is 2.50. The molecule has 0 atom stereocenters. The molecule has 3 N–H and O–H groups in total. The Balaban J connectivity index is 1.15. The van der Waals surface area contributed by atoms with Crippen molar-refractivity contribution in [2.45, 2.75) is 69.8 Å². The Labute approximate surface area is 274 Å². The number of rotatable bonds is 8. The van der Waals surface area contributed by atoms with E-state index in [2.05, 4.69) is 39.6 Å². The van der Waals surface area contributed by atoms with Crippen LogP contribution in [0.15, 0.2) is 42.5 Å². The van der Waals surface area contributed by atoms with E-state index in [9.17, 15) is 18.0 Å². The summed E-state index contributed by atoms with van der Waals surface area (Å²) in [7, 11) is 3.05. The van der Waals surface area contributed by atoms with Crippen LogP contribution in [0.2, 0.25) is 0 Å². The van der Waals surface area contributed by atoms with Crippen LogP contribution in [0.25, 0.3) is 10.9 Å². The number of alkyl halides is 3. The molecule has 0 unspecified atom stereocenters. The van der Waals surface area contributed by atoms with E-state index in [0.717, 1.165) is 75.9 Å². The average Bonchev–Trinajstić information content (AvgIpc) is 3.39. The second kappa shape index (κ2) is 13.3. The zero-order valence-corrected chi connectivity index (χ0v) is 27.4. The maximum Gasteiger partial charge on any atom is 0.406 e. The number of ether oxygens (including phenoxy) is 2. The van der Waals surface area contributed by atoms with Gasteiger partial charge in [0, 0.05) is 67.0 Å². The number of methoxy groups -OCH3 is 1. The molecule has 2 aromatic carbocycles. The van der Waals surface area contributed by atoms with Crippen LogP contribution in [0, 0.1) is 17.3 Å². The van der Waals surface area contributed by atoms with Gasteiger partial charge in [0.15, 0.2) is 0 Å². The number of carbonyl (C=O) groups is 1. The largest absolute Gasteiger partial charge is 0.495 e. The minimum Gasteiger partial charge on any atom is -0.495 e. The molecule has 3 aliphatic rings. The number of benzene rings is 2. The van der Waals surface area contributed by atoms with Crippen LogP contribution < -0.4 is 20.7 Å². The fourth-order valence-electron chi connectivity index (χ4n) is 7.45. The van der Waals surface area contributed by atoms with Gasteiger partial charge in [-0.15, -0.1) is 0 Å². The van der Waals surface area contributed by atoms with Crippen molar-refractivity contribution < 1.29 is 27.4 Å². The minimum absolute atomic E-state index is 0.168. The van der Waals surface area contributed by atoms with Crippen molar-refractivity contribution in [1.29, 1.82) is 0 Å². The summed E-state index contributed by atoms with van der Waals surface area (Å²) in [6.07, 6.45) is 2.11. The monoisotopic (exact) mass is 651 g/mol. The van der Waals surface area contributed by atoms with Crippen molar-refractivity contribution in [1.82, 2.24) is 14.8 Å². The molecule has 252 valence electrons. The summed E-state index contributed by atoms with van der Waals surface area (Å²) in [5.74, 6) is 6.17. The maximum absolute atomic E-state index is 13.7. The first kappa shape index (κ1) is 33.0. The van der Waals surface area contributed by atoms with Gasteiger partial charge in [-0.05, 0) is 87.8 Å². The molecule has 1 spiro atoms. The molecule has 8 nitrogen and oxygen atoms in total. The summed E-state index contributed by atoms with van der Waals surface area (Å²) in [6, 6.07) is 12.5. The predicted octanol–water partition coefficient (Wildman–Crippen LogP) is 6.26. The van der Waals surface area contributed by atoms with Crippen molar-refractivity contribution in [2.24, 2.45) is 5.41 Å². The molecule has 11 heteroatoms.